The van der Waals surface area contributed by atoms with Crippen LogP contribution in [0.2, 0.25) is 0 Å². The van der Waals surface area contributed by atoms with Crippen LogP contribution >= 0.6 is 0 Å². The lowest BCUT2D eigenvalue weighted by Gasteiger charge is -2.33. The number of hydrogen-bond acceptors (Lipinski definition) is 2. The van der Waals surface area contributed by atoms with Crippen molar-refractivity contribution < 1.29 is 0 Å². The highest BCUT2D eigenvalue weighted by molar-refractivity contribution is 6.20. The maximum absolute atomic E-state index is 2.50. The van der Waals surface area contributed by atoms with E-state index in [-0.39, 0.29) is 0 Å². The van der Waals surface area contributed by atoms with E-state index in [4.69, 9.17) is 0 Å². The van der Waals surface area contributed by atoms with Gasteiger partial charge in [0.05, 0.1) is 5.41 Å². The average molecular weight is 779 g/mol. The minimum absolute atomic E-state index is 0.566. The molecule has 0 aliphatic heterocycles. The maximum atomic E-state index is 2.50. The summed E-state index contributed by atoms with van der Waals surface area (Å²) in [7, 11) is 0. The molecule has 1 spiro atoms. The van der Waals surface area contributed by atoms with Gasteiger partial charge in [-0.15, -0.1) is 0 Å². The summed E-state index contributed by atoms with van der Waals surface area (Å²) in [5.41, 5.74) is 19.3. The number of anilines is 6. The Balaban J connectivity index is 1.19. The Hall–Kier alpha value is -7.68. The standard InChI is InChI=1S/C59H42N2/c1-39-25-29-43(30-26-39)60(41-15-5-3-6-16-41)45-33-35-51-53(37-45)47-19-9-10-22-50(47)57-52-36-34-46(61(42-17-7-4-8-18-42)44-31-27-40(2)28-32-44)38-56(52)59(58(51)57)54-23-13-11-20-48(54)49-21-12-14-24-55(49)59/h3-38H,1-2H3. The molecule has 0 saturated carbocycles. The molecule has 0 atom stereocenters. The van der Waals surface area contributed by atoms with E-state index in [1.165, 1.54) is 77.2 Å². The highest BCUT2D eigenvalue weighted by Crippen LogP contribution is 2.66. The first-order valence-corrected chi connectivity index (χ1v) is 21.3. The second-order valence-corrected chi connectivity index (χ2v) is 16.6. The van der Waals surface area contributed by atoms with Gasteiger partial charge in [0.15, 0.2) is 0 Å². The van der Waals surface area contributed by atoms with Crippen molar-refractivity contribution in [3.63, 3.8) is 0 Å². The third-order valence-corrected chi connectivity index (χ3v) is 13.1. The van der Waals surface area contributed by atoms with Gasteiger partial charge in [0.1, 0.15) is 0 Å². The van der Waals surface area contributed by atoms with Gasteiger partial charge >= 0.3 is 0 Å². The molecule has 12 rings (SSSR count). The van der Waals surface area contributed by atoms with E-state index in [0.717, 1.165) is 34.1 Å². The number of fused-ring (bicyclic) bond motifs is 15. The second-order valence-electron chi connectivity index (χ2n) is 16.6. The van der Waals surface area contributed by atoms with Gasteiger partial charge in [0.25, 0.3) is 0 Å². The van der Waals surface area contributed by atoms with Crippen molar-refractivity contribution in [1.29, 1.82) is 0 Å². The number of rotatable bonds is 6. The number of para-hydroxylation sites is 2. The molecule has 0 aromatic heterocycles. The van der Waals surface area contributed by atoms with Crippen molar-refractivity contribution in [2.45, 2.75) is 19.3 Å². The van der Waals surface area contributed by atoms with E-state index in [1.807, 2.05) is 0 Å². The molecule has 10 aromatic carbocycles. The van der Waals surface area contributed by atoms with Crippen LogP contribution in [0, 0.1) is 13.8 Å². The SMILES string of the molecule is Cc1ccc(N(c2ccccc2)c2ccc3c(c2)C2(c4ccccc4-c4ccccc42)c2c-3c3ccccc3c3cc(N(c4ccccc4)c4ccc(C)cc4)ccc23)cc1. The van der Waals surface area contributed by atoms with Crippen LogP contribution in [-0.4, -0.2) is 0 Å². The molecule has 0 saturated heterocycles. The van der Waals surface area contributed by atoms with Crippen molar-refractivity contribution in [3.8, 4) is 22.3 Å². The molecular formula is C59H42N2. The summed E-state index contributed by atoms with van der Waals surface area (Å²) < 4.78 is 0. The molecule has 0 unspecified atom stereocenters. The largest absolute Gasteiger partial charge is 0.310 e. The van der Waals surface area contributed by atoms with Gasteiger partial charge in [-0.2, -0.15) is 0 Å². The van der Waals surface area contributed by atoms with E-state index in [2.05, 4.69) is 242 Å². The fourth-order valence-corrected chi connectivity index (χ4v) is 10.6. The molecule has 0 heterocycles. The molecule has 10 aromatic rings. The predicted molar refractivity (Wildman–Crippen MR) is 257 cm³/mol. The van der Waals surface area contributed by atoms with Crippen LogP contribution in [0.25, 0.3) is 43.8 Å². The van der Waals surface area contributed by atoms with Gasteiger partial charge < -0.3 is 9.80 Å². The molecule has 2 nitrogen and oxygen atoms in total. The van der Waals surface area contributed by atoms with Crippen LogP contribution in [0.4, 0.5) is 34.1 Å². The molecule has 61 heavy (non-hydrogen) atoms. The third kappa shape index (κ3) is 5.22. The highest BCUT2D eigenvalue weighted by atomic mass is 15.1. The van der Waals surface area contributed by atoms with Gasteiger partial charge in [0.2, 0.25) is 0 Å². The van der Waals surface area contributed by atoms with E-state index in [0.29, 0.717) is 0 Å². The summed E-state index contributed by atoms with van der Waals surface area (Å²) in [4.78, 5) is 4.80. The minimum atomic E-state index is -0.566. The van der Waals surface area contributed by atoms with Crippen molar-refractivity contribution in [3.05, 3.63) is 252 Å². The number of benzene rings is 10. The summed E-state index contributed by atoms with van der Waals surface area (Å²) in [5, 5.41) is 5.05. The Kier molecular flexibility index (Phi) is 7.92. The lowest BCUT2D eigenvalue weighted by Crippen LogP contribution is -2.26. The van der Waals surface area contributed by atoms with Crippen LogP contribution in [0.5, 0.6) is 0 Å². The number of hydrogen-bond donors (Lipinski definition) is 0. The van der Waals surface area contributed by atoms with Crippen molar-refractivity contribution >= 4 is 55.7 Å². The van der Waals surface area contributed by atoms with Crippen LogP contribution in [0.3, 0.4) is 0 Å². The van der Waals surface area contributed by atoms with Crippen LogP contribution in [-0.2, 0) is 5.41 Å². The molecule has 0 N–H and O–H groups in total. The average Bonchev–Trinajstić information content (AvgIpc) is 3.79. The molecule has 288 valence electrons. The van der Waals surface area contributed by atoms with Gasteiger partial charge in [-0.1, -0.05) is 157 Å². The number of aryl methyl sites for hydroxylation is 2. The summed E-state index contributed by atoms with van der Waals surface area (Å²) >= 11 is 0. The maximum Gasteiger partial charge on any atom is 0.0732 e. The van der Waals surface area contributed by atoms with Crippen molar-refractivity contribution in [2.75, 3.05) is 9.80 Å². The molecule has 2 heteroatoms. The van der Waals surface area contributed by atoms with Crippen LogP contribution in [0.15, 0.2) is 218 Å². The van der Waals surface area contributed by atoms with Crippen LogP contribution in [0.1, 0.15) is 33.4 Å². The van der Waals surface area contributed by atoms with Crippen LogP contribution < -0.4 is 9.80 Å². The molecular weight excluding hydrogens is 737 g/mol. The van der Waals surface area contributed by atoms with Gasteiger partial charge in [0, 0.05) is 34.1 Å². The van der Waals surface area contributed by atoms with Gasteiger partial charge in [-0.05, 0) is 153 Å². The molecule has 0 amide bonds. The summed E-state index contributed by atoms with van der Waals surface area (Å²) in [6, 6.07) is 81.2. The quantitative estimate of drug-likeness (QED) is 0.155. The Bertz CT molecular complexity index is 3270. The first-order chi connectivity index (χ1) is 30.1. The zero-order valence-electron chi connectivity index (χ0n) is 34.2. The fraction of sp³-hybridized carbons (Fsp3) is 0.0508. The Morgan fingerprint density at radius 3 is 1.31 bits per heavy atom. The van der Waals surface area contributed by atoms with Gasteiger partial charge in [-0.3, -0.25) is 0 Å². The van der Waals surface area contributed by atoms with E-state index in [9.17, 15) is 0 Å². The topological polar surface area (TPSA) is 6.48 Å². The molecule has 2 aliphatic rings. The predicted octanol–water partition coefficient (Wildman–Crippen LogP) is 15.9. The molecule has 0 bridgehead atoms. The first kappa shape index (κ1) is 35.3. The summed E-state index contributed by atoms with van der Waals surface area (Å²) in [6.45, 7) is 4.30. The minimum Gasteiger partial charge on any atom is -0.310 e. The summed E-state index contributed by atoms with van der Waals surface area (Å²) in [6.07, 6.45) is 0. The highest BCUT2D eigenvalue weighted by Gasteiger charge is 2.53. The Labute approximate surface area is 357 Å². The normalized spacial score (nSPS) is 12.9. The Morgan fingerprint density at radius 2 is 0.738 bits per heavy atom. The van der Waals surface area contributed by atoms with Gasteiger partial charge in [-0.25, -0.2) is 0 Å². The molecule has 2 aliphatic carbocycles. The zero-order valence-corrected chi connectivity index (χ0v) is 34.2. The molecule has 0 radical (unpaired) electrons. The second kappa shape index (κ2) is 13.7. The van der Waals surface area contributed by atoms with E-state index >= 15 is 0 Å². The monoisotopic (exact) mass is 778 g/mol. The Morgan fingerprint density at radius 1 is 0.295 bits per heavy atom. The lowest BCUT2D eigenvalue weighted by molar-refractivity contribution is 0.801. The third-order valence-electron chi connectivity index (χ3n) is 13.1. The number of nitrogens with zero attached hydrogens (tertiary/aromatic N) is 2. The molecule has 0 fully saturated rings. The smallest absolute Gasteiger partial charge is 0.0732 e. The first-order valence-electron chi connectivity index (χ1n) is 21.3. The van der Waals surface area contributed by atoms with Crippen molar-refractivity contribution in [1.82, 2.24) is 0 Å². The summed E-state index contributed by atoms with van der Waals surface area (Å²) in [5.74, 6) is 0. The lowest BCUT2D eigenvalue weighted by atomic mass is 9.69. The van der Waals surface area contributed by atoms with E-state index in [1.54, 1.807) is 0 Å². The van der Waals surface area contributed by atoms with Crippen molar-refractivity contribution in [2.24, 2.45) is 0 Å². The fourth-order valence-electron chi connectivity index (χ4n) is 10.6. The zero-order chi connectivity index (χ0) is 40.7. The van der Waals surface area contributed by atoms with E-state index < -0.39 is 5.41 Å².